The summed E-state index contributed by atoms with van der Waals surface area (Å²) in [6, 6.07) is 5.96. The van der Waals surface area contributed by atoms with E-state index in [2.05, 4.69) is 19.9 Å². The molecule has 1 heterocycles. The Bertz CT molecular complexity index is 367. The Kier molecular flexibility index (Phi) is 2.47. The molecule has 0 amide bonds. The maximum atomic E-state index is 9.49. The zero-order chi connectivity index (χ0) is 11.1. The molecular formula is C13H18O2. The molecule has 0 radical (unpaired) electrons. The van der Waals surface area contributed by atoms with Crippen LogP contribution in [0.3, 0.4) is 0 Å². The van der Waals surface area contributed by atoms with Crippen LogP contribution >= 0.6 is 0 Å². The number of fused-ring (bicyclic) bond motifs is 1. The topological polar surface area (TPSA) is 29.5 Å². The van der Waals surface area contributed by atoms with Crippen molar-refractivity contribution in [1.82, 2.24) is 0 Å². The van der Waals surface area contributed by atoms with Gasteiger partial charge >= 0.3 is 0 Å². The summed E-state index contributed by atoms with van der Waals surface area (Å²) < 4.78 is 5.87. The van der Waals surface area contributed by atoms with Crippen molar-refractivity contribution in [2.75, 3.05) is 0 Å². The standard InChI is InChI=1S/C13H18O2/c1-9(14)10-4-5-12-11(8-10)6-7-13(2,3)15-12/h4-5,8-9,14H,6-7H2,1-3H3. The normalized spacial score (nSPS) is 20.3. The Labute approximate surface area is 90.9 Å². The van der Waals surface area contributed by atoms with E-state index in [0.717, 1.165) is 24.2 Å². The molecule has 0 aromatic heterocycles. The number of aliphatic hydroxyl groups excluding tert-OH is 1. The largest absolute Gasteiger partial charge is 0.488 e. The summed E-state index contributed by atoms with van der Waals surface area (Å²) in [4.78, 5) is 0. The van der Waals surface area contributed by atoms with Gasteiger partial charge in [-0.1, -0.05) is 6.07 Å². The van der Waals surface area contributed by atoms with E-state index in [0.29, 0.717) is 0 Å². The van der Waals surface area contributed by atoms with Crippen molar-refractivity contribution in [2.24, 2.45) is 0 Å². The molecule has 1 aliphatic rings. The van der Waals surface area contributed by atoms with Crippen molar-refractivity contribution in [2.45, 2.75) is 45.3 Å². The molecule has 0 saturated heterocycles. The minimum Gasteiger partial charge on any atom is -0.488 e. The zero-order valence-corrected chi connectivity index (χ0v) is 9.58. The zero-order valence-electron chi connectivity index (χ0n) is 9.58. The summed E-state index contributed by atoms with van der Waals surface area (Å²) in [7, 11) is 0. The third-order valence-electron chi connectivity index (χ3n) is 2.95. The molecule has 2 rings (SSSR count). The van der Waals surface area contributed by atoms with Gasteiger partial charge in [0.25, 0.3) is 0 Å². The van der Waals surface area contributed by atoms with Gasteiger partial charge in [0.1, 0.15) is 11.4 Å². The van der Waals surface area contributed by atoms with Gasteiger partial charge in [0.15, 0.2) is 0 Å². The number of benzene rings is 1. The molecule has 0 bridgehead atoms. The molecule has 1 unspecified atom stereocenters. The number of ether oxygens (including phenoxy) is 1. The minimum atomic E-state index is -0.398. The van der Waals surface area contributed by atoms with Crippen LogP contribution in [0.2, 0.25) is 0 Å². The van der Waals surface area contributed by atoms with Crippen molar-refractivity contribution in [3.8, 4) is 5.75 Å². The first kappa shape index (κ1) is 10.5. The summed E-state index contributed by atoms with van der Waals surface area (Å²) in [5.41, 5.74) is 2.13. The SMILES string of the molecule is CC(O)c1ccc2c(c1)CCC(C)(C)O2. The lowest BCUT2D eigenvalue weighted by molar-refractivity contribution is 0.0844. The number of aliphatic hydroxyl groups is 1. The van der Waals surface area contributed by atoms with Gasteiger partial charge in [0.2, 0.25) is 0 Å². The lowest BCUT2D eigenvalue weighted by atomic mass is 9.93. The smallest absolute Gasteiger partial charge is 0.123 e. The molecule has 15 heavy (non-hydrogen) atoms. The summed E-state index contributed by atoms with van der Waals surface area (Å²) in [5, 5.41) is 9.49. The Hall–Kier alpha value is -1.02. The number of hydrogen-bond acceptors (Lipinski definition) is 2. The fourth-order valence-electron chi connectivity index (χ4n) is 1.94. The molecule has 0 aliphatic carbocycles. The summed E-state index contributed by atoms with van der Waals surface area (Å²) >= 11 is 0. The van der Waals surface area contributed by atoms with Gasteiger partial charge < -0.3 is 9.84 Å². The van der Waals surface area contributed by atoms with Gasteiger partial charge in [-0.15, -0.1) is 0 Å². The molecule has 1 N–H and O–H groups in total. The van der Waals surface area contributed by atoms with Crippen molar-refractivity contribution >= 4 is 0 Å². The van der Waals surface area contributed by atoms with Gasteiger partial charge in [-0.25, -0.2) is 0 Å². The fourth-order valence-corrected chi connectivity index (χ4v) is 1.94. The second kappa shape index (κ2) is 3.53. The van der Waals surface area contributed by atoms with E-state index in [1.807, 2.05) is 12.1 Å². The monoisotopic (exact) mass is 206 g/mol. The van der Waals surface area contributed by atoms with Crippen LogP contribution in [0.25, 0.3) is 0 Å². The van der Waals surface area contributed by atoms with Crippen LogP contribution in [0, 0.1) is 0 Å². The lowest BCUT2D eigenvalue weighted by Gasteiger charge is -2.32. The molecule has 82 valence electrons. The molecule has 2 nitrogen and oxygen atoms in total. The Morgan fingerprint density at radius 3 is 2.80 bits per heavy atom. The number of hydrogen-bond donors (Lipinski definition) is 1. The van der Waals surface area contributed by atoms with E-state index in [4.69, 9.17) is 4.74 Å². The van der Waals surface area contributed by atoms with Crippen LogP contribution in [0.15, 0.2) is 18.2 Å². The Morgan fingerprint density at radius 2 is 2.13 bits per heavy atom. The van der Waals surface area contributed by atoms with Gasteiger partial charge in [0.05, 0.1) is 6.10 Å². The summed E-state index contributed by atoms with van der Waals surface area (Å²) in [5.74, 6) is 0.968. The second-order valence-electron chi connectivity index (χ2n) is 4.90. The van der Waals surface area contributed by atoms with Crippen molar-refractivity contribution in [3.05, 3.63) is 29.3 Å². The van der Waals surface area contributed by atoms with Crippen molar-refractivity contribution in [1.29, 1.82) is 0 Å². The molecule has 1 aromatic carbocycles. The van der Waals surface area contributed by atoms with E-state index in [1.54, 1.807) is 6.92 Å². The third-order valence-corrected chi connectivity index (χ3v) is 2.95. The summed E-state index contributed by atoms with van der Waals surface area (Å²) in [6.07, 6.45) is 1.66. The van der Waals surface area contributed by atoms with Crippen molar-refractivity contribution in [3.63, 3.8) is 0 Å². The molecule has 0 spiro atoms. The van der Waals surface area contributed by atoms with E-state index < -0.39 is 6.10 Å². The predicted octanol–water partition coefficient (Wildman–Crippen LogP) is 2.84. The van der Waals surface area contributed by atoms with Crippen LogP contribution in [-0.2, 0) is 6.42 Å². The van der Waals surface area contributed by atoms with Crippen LogP contribution in [0.5, 0.6) is 5.75 Å². The number of rotatable bonds is 1. The van der Waals surface area contributed by atoms with Gasteiger partial charge in [-0.2, -0.15) is 0 Å². The van der Waals surface area contributed by atoms with Gasteiger partial charge in [-0.3, -0.25) is 0 Å². The molecule has 1 aliphatic heterocycles. The van der Waals surface area contributed by atoms with Gasteiger partial charge in [-0.05, 0) is 56.9 Å². The van der Waals surface area contributed by atoms with Gasteiger partial charge in [0, 0.05) is 0 Å². The highest BCUT2D eigenvalue weighted by Gasteiger charge is 2.26. The average Bonchev–Trinajstić information content (AvgIpc) is 2.15. The molecular weight excluding hydrogens is 188 g/mol. The summed E-state index contributed by atoms with van der Waals surface area (Å²) in [6.45, 7) is 6.01. The third kappa shape index (κ3) is 2.15. The van der Waals surface area contributed by atoms with E-state index in [9.17, 15) is 5.11 Å². The first-order valence-electron chi connectivity index (χ1n) is 5.48. The maximum Gasteiger partial charge on any atom is 0.123 e. The minimum absolute atomic E-state index is 0.0562. The van der Waals surface area contributed by atoms with Crippen LogP contribution < -0.4 is 4.74 Å². The first-order chi connectivity index (χ1) is 6.98. The van der Waals surface area contributed by atoms with E-state index >= 15 is 0 Å². The highest BCUT2D eigenvalue weighted by Crippen LogP contribution is 2.34. The van der Waals surface area contributed by atoms with Crippen molar-refractivity contribution < 1.29 is 9.84 Å². The molecule has 1 atom stereocenters. The highest BCUT2D eigenvalue weighted by atomic mass is 16.5. The molecule has 0 saturated carbocycles. The van der Waals surface area contributed by atoms with Crippen LogP contribution in [0.1, 0.15) is 44.4 Å². The number of aryl methyl sites for hydroxylation is 1. The van der Waals surface area contributed by atoms with E-state index in [1.165, 1.54) is 5.56 Å². The lowest BCUT2D eigenvalue weighted by Crippen LogP contribution is -2.32. The molecule has 0 fully saturated rings. The average molecular weight is 206 g/mol. The predicted molar refractivity (Wildman–Crippen MR) is 60.1 cm³/mol. The quantitative estimate of drug-likeness (QED) is 0.765. The molecule has 1 aromatic rings. The van der Waals surface area contributed by atoms with Crippen LogP contribution in [0.4, 0.5) is 0 Å². The Morgan fingerprint density at radius 1 is 1.40 bits per heavy atom. The second-order valence-corrected chi connectivity index (χ2v) is 4.90. The fraction of sp³-hybridized carbons (Fsp3) is 0.538. The maximum absolute atomic E-state index is 9.49. The Balaban J connectivity index is 2.32. The molecule has 2 heteroatoms. The first-order valence-corrected chi connectivity index (χ1v) is 5.48. The highest BCUT2D eigenvalue weighted by molar-refractivity contribution is 5.40. The van der Waals surface area contributed by atoms with E-state index in [-0.39, 0.29) is 5.60 Å². The van der Waals surface area contributed by atoms with Crippen LogP contribution in [-0.4, -0.2) is 10.7 Å².